The average Bonchev–Trinajstić information content (AvgIpc) is 3.05. The molecule has 0 saturated carbocycles. The third kappa shape index (κ3) is 5.22. The molecule has 0 fully saturated rings. The van der Waals surface area contributed by atoms with E-state index in [1.165, 1.54) is 11.3 Å². The summed E-state index contributed by atoms with van der Waals surface area (Å²) in [4.78, 5) is 16.4. The van der Waals surface area contributed by atoms with Crippen molar-refractivity contribution in [2.75, 3.05) is 33.5 Å². The SMILES string of the molecule is COCCOCCCNC(=O)c1csc(-c2ccccc2)n1. The normalized spacial score (nSPS) is 10.6. The van der Waals surface area contributed by atoms with E-state index < -0.39 is 0 Å². The molecule has 2 aromatic rings. The molecule has 1 heterocycles. The standard InChI is InChI=1S/C16H20N2O3S/c1-20-10-11-21-9-5-8-17-15(19)14-12-22-16(18-14)13-6-3-2-4-7-13/h2-4,6-7,12H,5,8-11H2,1H3,(H,17,19). The van der Waals surface area contributed by atoms with Gasteiger partial charge in [0.25, 0.3) is 5.91 Å². The molecule has 118 valence electrons. The van der Waals surface area contributed by atoms with E-state index in [9.17, 15) is 4.79 Å². The maximum atomic E-state index is 12.0. The zero-order valence-corrected chi connectivity index (χ0v) is 13.4. The molecule has 0 bridgehead atoms. The molecule has 0 aliphatic rings. The van der Waals surface area contributed by atoms with E-state index in [0.29, 0.717) is 32.1 Å². The van der Waals surface area contributed by atoms with Gasteiger partial charge < -0.3 is 14.8 Å². The molecule has 0 spiro atoms. The van der Waals surface area contributed by atoms with E-state index in [-0.39, 0.29) is 5.91 Å². The van der Waals surface area contributed by atoms with Crippen LogP contribution >= 0.6 is 11.3 Å². The second kappa shape index (κ2) is 9.30. The van der Waals surface area contributed by atoms with Gasteiger partial charge in [-0.3, -0.25) is 4.79 Å². The van der Waals surface area contributed by atoms with Crippen LogP contribution in [0.3, 0.4) is 0 Å². The Labute approximate surface area is 134 Å². The van der Waals surface area contributed by atoms with Crippen LogP contribution in [0.4, 0.5) is 0 Å². The first kappa shape index (κ1) is 16.6. The number of methoxy groups -OCH3 is 1. The van der Waals surface area contributed by atoms with Crippen molar-refractivity contribution in [2.24, 2.45) is 0 Å². The Morgan fingerprint density at radius 2 is 2.05 bits per heavy atom. The number of thiazole rings is 1. The molecule has 22 heavy (non-hydrogen) atoms. The summed E-state index contributed by atoms with van der Waals surface area (Å²) < 4.78 is 10.2. The minimum Gasteiger partial charge on any atom is -0.382 e. The van der Waals surface area contributed by atoms with Crippen LogP contribution in [0.25, 0.3) is 10.6 Å². The molecule has 1 aromatic heterocycles. The summed E-state index contributed by atoms with van der Waals surface area (Å²) >= 11 is 1.47. The topological polar surface area (TPSA) is 60.5 Å². The van der Waals surface area contributed by atoms with Crippen LogP contribution in [0.1, 0.15) is 16.9 Å². The Morgan fingerprint density at radius 1 is 1.23 bits per heavy atom. The number of hydrogen-bond donors (Lipinski definition) is 1. The molecular formula is C16H20N2O3S. The van der Waals surface area contributed by atoms with Gasteiger partial charge in [0.15, 0.2) is 0 Å². The Morgan fingerprint density at radius 3 is 2.82 bits per heavy atom. The molecule has 0 saturated heterocycles. The van der Waals surface area contributed by atoms with Gasteiger partial charge in [0.05, 0.1) is 13.2 Å². The quantitative estimate of drug-likeness (QED) is 0.722. The second-order valence-electron chi connectivity index (χ2n) is 4.62. The molecule has 6 heteroatoms. The van der Waals surface area contributed by atoms with Crippen LogP contribution in [0.2, 0.25) is 0 Å². The highest BCUT2D eigenvalue weighted by molar-refractivity contribution is 7.13. The largest absolute Gasteiger partial charge is 0.382 e. The average molecular weight is 320 g/mol. The van der Waals surface area contributed by atoms with Gasteiger partial charge in [0.1, 0.15) is 10.7 Å². The van der Waals surface area contributed by atoms with E-state index in [4.69, 9.17) is 9.47 Å². The van der Waals surface area contributed by atoms with Gasteiger partial charge in [-0.05, 0) is 6.42 Å². The lowest BCUT2D eigenvalue weighted by Gasteiger charge is -2.04. The van der Waals surface area contributed by atoms with Gasteiger partial charge in [-0.25, -0.2) is 4.98 Å². The highest BCUT2D eigenvalue weighted by Gasteiger charge is 2.10. The summed E-state index contributed by atoms with van der Waals surface area (Å²) in [6.07, 6.45) is 0.769. The molecule has 1 N–H and O–H groups in total. The first-order valence-corrected chi connectivity index (χ1v) is 8.05. The number of amides is 1. The van der Waals surface area contributed by atoms with Crippen molar-refractivity contribution in [3.8, 4) is 10.6 Å². The number of carbonyl (C=O) groups excluding carboxylic acids is 1. The highest BCUT2D eigenvalue weighted by Crippen LogP contribution is 2.23. The van der Waals surface area contributed by atoms with Crippen molar-refractivity contribution in [3.05, 3.63) is 41.4 Å². The number of nitrogens with one attached hydrogen (secondary N) is 1. The lowest BCUT2D eigenvalue weighted by Crippen LogP contribution is -2.25. The highest BCUT2D eigenvalue weighted by atomic mass is 32.1. The van der Waals surface area contributed by atoms with Gasteiger partial charge in [-0.15, -0.1) is 11.3 Å². The lowest BCUT2D eigenvalue weighted by molar-refractivity contribution is 0.0688. The maximum Gasteiger partial charge on any atom is 0.270 e. The molecule has 0 unspecified atom stereocenters. The molecule has 0 radical (unpaired) electrons. The number of carbonyl (C=O) groups is 1. The van der Waals surface area contributed by atoms with Crippen molar-refractivity contribution in [3.63, 3.8) is 0 Å². The molecule has 2 rings (SSSR count). The predicted octanol–water partition coefficient (Wildman–Crippen LogP) is 2.59. The Bertz CT molecular complexity index is 572. The molecule has 1 amide bonds. The number of aromatic nitrogens is 1. The Balaban J connectivity index is 1.73. The summed E-state index contributed by atoms with van der Waals surface area (Å²) in [7, 11) is 1.64. The third-order valence-corrected chi connectivity index (χ3v) is 3.83. The first-order valence-electron chi connectivity index (χ1n) is 7.17. The fraction of sp³-hybridized carbons (Fsp3) is 0.375. The van der Waals surface area contributed by atoms with Gasteiger partial charge in [0, 0.05) is 31.2 Å². The summed E-state index contributed by atoms with van der Waals surface area (Å²) in [5, 5.41) is 5.49. The maximum absolute atomic E-state index is 12.0. The van der Waals surface area contributed by atoms with Crippen LogP contribution in [0, 0.1) is 0 Å². The summed E-state index contributed by atoms with van der Waals surface area (Å²) in [5.41, 5.74) is 1.49. The fourth-order valence-electron chi connectivity index (χ4n) is 1.80. The van der Waals surface area contributed by atoms with Crippen LogP contribution in [0.15, 0.2) is 35.7 Å². The van der Waals surface area contributed by atoms with Crippen molar-refractivity contribution in [1.29, 1.82) is 0 Å². The van der Waals surface area contributed by atoms with Crippen molar-refractivity contribution in [1.82, 2.24) is 10.3 Å². The van der Waals surface area contributed by atoms with Crippen LogP contribution in [0.5, 0.6) is 0 Å². The van der Waals surface area contributed by atoms with Gasteiger partial charge in [0.2, 0.25) is 0 Å². The van der Waals surface area contributed by atoms with Crippen LogP contribution < -0.4 is 5.32 Å². The Hall–Kier alpha value is -1.76. The molecule has 0 aliphatic carbocycles. The first-order chi connectivity index (χ1) is 10.8. The van der Waals surface area contributed by atoms with E-state index in [1.54, 1.807) is 12.5 Å². The zero-order valence-electron chi connectivity index (χ0n) is 12.6. The molecule has 5 nitrogen and oxygen atoms in total. The van der Waals surface area contributed by atoms with E-state index >= 15 is 0 Å². The van der Waals surface area contributed by atoms with Crippen LogP contribution in [-0.4, -0.2) is 44.4 Å². The number of hydrogen-bond acceptors (Lipinski definition) is 5. The monoisotopic (exact) mass is 320 g/mol. The molecule has 1 aromatic carbocycles. The van der Waals surface area contributed by atoms with Gasteiger partial charge in [-0.2, -0.15) is 0 Å². The van der Waals surface area contributed by atoms with E-state index in [1.807, 2.05) is 30.3 Å². The zero-order chi connectivity index (χ0) is 15.6. The van der Waals surface area contributed by atoms with Crippen LogP contribution in [-0.2, 0) is 9.47 Å². The fourth-order valence-corrected chi connectivity index (χ4v) is 2.61. The van der Waals surface area contributed by atoms with E-state index in [0.717, 1.165) is 17.0 Å². The number of rotatable bonds is 9. The number of nitrogens with zero attached hydrogens (tertiary/aromatic N) is 1. The van der Waals surface area contributed by atoms with E-state index in [2.05, 4.69) is 10.3 Å². The smallest absolute Gasteiger partial charge is 0.270 e. The minimum atomic E-state index is -0.143. The Kier molecular flexibility index (Phi) is 7.02. The lowest BCUT2D eigenvalue weighted by atomic mass is 10.2. The molecule has 0 aliphatic heterocycles. The van der Waals surface area contributed by atoms with Crippen molar-refractivity contribution in [2.45, 2.75) is 6.42 Å². The number of benzene rings is 1. The van der Waals surface area contributed by atoms with Gasteiger partial charge >= 0.3 is 0 Å². The molecule has 0 atom stereocenters. The second-order valence-corrected chi connectivity index (χ2v) is 5.48. The summed E-state index contributed by atoms with van der Waals surface area (Å²) in [6, 6.07) is 9.84. The molecular weight excluding hydrogens is 300 g/mol. The van der Waals surface area contributed by atoms with Gasteiger partial charge in [-0.1, -0.05) is 30.3 Å². The third-order valence-electron chi connectivity index (χ3n) is 2.94. The van der Waals surface area contributed by atoms with Crippen molar-refractivity contribution >= 4 is 17.2 Å². The summed E-state index contributed by atoms with van der Waals surface area (Å²) in [5.74, 6) is -0.143. The predicted molar refractivity (Wildman–Crippen MR) is 87.2 cm³/mol. The van der Waals surface area contributed by atoms with Crippen molar-refractivity contribution < 1.29 is 14.3 Å². The summed E-state index contributed by atoms with van der Waals surface area (Å²) in [6.45, 7) is 2.35. The number of ether oxygens (including phenoxy) is 2. The minimum absolute atomic E-state index is 0.143.